The first-order chi connectivity index (χ1) is 11.2. The van der Waals surface area contributed by atoms with Gasteiger partial charge >= 0.3 is 0 Å². The molecule has 0 radical (unpaired) electrons. The predicted octanol–water partition coefficient (Wildman–Crippen LogP) is 4.91. The maximum atomic E-state index is 4.62. The van der Waals surface area contributed by atoms with Crippen LogP contribution >= 0.6 is 0 Å². The fraction of sp³-hybridized carbons (Fsp3) is 0.100. The van der Waals surface area contributed by atoms with Gasteiger partial charge in [-0.2, -0.15) is 0 Å². The van der Waals surface area contributed by atoms with Crippen molar-refractivity contribution in [3.05, 3.63) is 72.1 Å². The zero-order valence-electron chi connectivity index (χ0n) is 13.2. The second-order valence-electron chi connectivity index (χ2n) is 5.85. The van der Waals surface area contributed by atoms with Crippen LogP contribution in [0.15, 0.2) is 60.9 Å². The van der Waals surface area contributed by atoms with Crippen LogP contribution in [-0.2, 0) is 0 Å². The number of rotatable bonds is 2. The van der Waals surface area contributed by atoms with Crippen LogP contribution in [0, 0.1) is 13.8 Å². The van der Waals surface area contributed by atoms with Crippen molar-refractivity contribution < 1.29 is 0 Å². The summed E-state index contributed by atoms with van der Waals surface area (Å²) in [6, 6.07) is 17.0. The van der Waals surface area contributed by atoms with E-state index in [-0.39, 0.29) is 0 Å². The van der Waals surface area contributed by atoms with Crippen molar-refractivity contribution in [3.8, 4) is 22.5 Å². The third-order valence-electron chi connectivity index (χ3n) is 4.28. The molecule has 4 aromatic rings. The van der Waals surface area contributed by atoms with Crippen LogP contribution < -0.4 is 0 Å². The Hall–Kier alpha value is -2.94. The molecule has 0 amide bonds. The fourth-order valence-electron chi connectivity index (χ4n) is 2.74. The number of H-pyrrole nitrogens is 1. The van der Waals surface area contributed by atoms with Gasteiger partial charge in [0.25, 0.3) is 0 Å². The highest BCUT2D eigenvalue weighted by Crippen LogP contribution is 2.26. The minimum Gasteiger partial charge on any atom is -0.337 e. The van der Waals surface area contributed by atoms with Crippen LogP contribution in [-0.4, -0.2) is 15.0 Å². The Balaban J connectivity index is 1.71. The van der Waals surface area contributed by atoms with Crippen molar-refractivity contribution >= 4 is 11.0 Å². The number of nitrogens with zero attached hydrogens (tertiary/aromatic N) is 2. The lowest BCUT2D eigenvalue weighted by molar-refractivity contribution is 1.32. The van der Waals surface area contributed by atoms with Crippen LogP contribution in [0.4, 0.5) is 0 Å². The largest absolute Gasteiger partial charge is 0.337 e. The molecule has 0 spiro atoms. The van der Waals surface area contributed by atoms with Gasteiger partial charge in [-0.05, 0) is 42.2 Å². The van der Waals surface area contributed by atoms with Crippen molar-refractivity contribution in [2.45, 2.75) is 13.8 Å². The first-order valence-corrected chi connectivity index (χ1v) is 7.68. The lowest BCUT2D eigenvalue weighted by Crippen LogP contribution is -1.85. The standard InChI is InChI=1S/C20H17N3/c1-13-3-4-17(11-14(13)2)15-5-7-16(8-6-15)20-22-18-9-10-21-12-19(18)23-20/h3-12H,1-2H3,(H,22,23). The summed E-state index contributed by atoms with van der Waals surface area (Å²) in [5.74, 6) is 0.875. The van der Waals surface area contributed by atoms with E-state index in [1.54, 1.807) is 12.4 Å². The molecule has 0 aliphatic rings. The Bertz CT molecular complexity index is 948. The Kier molecular flexibility index (Phi) is 3.19. The van der Waals surface area contributed by atoms with Gasteiger partial charge < -0.3 is 4.98 Å². The molecule has 0 saturated carbocycles. The van der Waals surface area contributed by atoms with E-state index < -0.39 is 0 Å². The van der Waals surface area contributed by atoms with Gasteiger partial charge in [-0.15, -0.1) is 0 Å². The summed E-state index contributed by atoms with van der Waals surface area (Å²) in [5, 5.41) is 0. The van der Waals surface area contributed by atoms with E-state index >= 15 is 0 Å². The highest BCUT2D eigenvalue weighted by atomic mass is 14.9. The molecule has 2 heterocycles. The van der Waals surface area contributed by atoms with E-state index in [0.717, 1.165) is 22.4 Å². The van der Waals surface area contributed by atoms with Crippen molar-refractivity contribution in [1.29, 1.82) is 0 Å². The SMILES string of the molecule is Cc1ccc(-c2ccc(-c3nc4ccncc4[nH]3)cc2)cc1C. The van der Waals surface area contributed by atoms with Crippen molar-refractivity contribution in [2.24, 2.45) is 0 Å². The Morgan fingerprint density at radius 1 is 0.783 bits per heavy atom. The second-order valence-corrected chi connectivity index (χ2v) is 5.85. The molecular weight excluding hydrogens is 282 g/mol. The minimum absolute atomic E-state index is 0.875. The number of aromatic nitrogens is 3. The zero-order valence-corrected chi connectivity index (χ0v) is 13.2. The Morgan fingerprint density at radius 3 is 2.26 bits per heavy atom. The summed E-state index contributed by atoms with van der Waals surface area (Å²) in [7, 11) is 0. The Labute approximate surface area is 135 Å². The molecule has 0 unspecified atom stereocenters. The van der Waals surface area contributed by atoms with Crippen LogP contribution in [0.25, 0.3) is 33.5 Å². The second kappa shape index (κ2) is 5.36. The van der Waals surface area contributed by atoms with Crippen LogP contribution in [0.5, 0.6) is 0 Å². The first-order valence-electron chi connectivity index (χ1n) is 7.68. The molecule has 1 N–H and O–H groups in total. The van der Waals surface area contributed by atoms with E-state index in [4.69, 9.17) is 0 Å². The minimum atomic E-state index is 0.875. The summed E-state index contributed by atoms with van der Waals surface area (Å²) in [4.78, 5) is 12.0. The van der Waals surface area contributed by atoms with Gasteiger partial charge in [0.2, 0.25) is 0 Å². The lowest BCUT2D eigenvalue weighted by atomic mass is 9.99. The van der Waals surface area contributed by atoms with Gasteiger partial charge in [-0.1, -0.05) is 42.5 Å². The van der Waals surface area contributed by atoms with Gasteiger partial charge in [0.15, 0.2) is 0 Å². The lowest BCUT2D eigenvalue weighted by Gasteiger charge is -2.06. The number of imidazole rings is 1. The van der Waals surface area contributed by atoms with Gasteiger partial charge in [-0.25, -0.2) is 4.98 Å². The summed E-state index contributed by atoms with van der Waals surface area (Å²) in [5.41, 5.74) is 8.07. The average Bonchev–Trinajstić information content (AvgIpc) is 3.02. The fourth-order valence-corrected chi connectivity index (χ4v) is 2.74. The number of benzene rings is 2. The van der Waals surface area contributed by atoms with Gasteiger partial charge in [0, 0.05) is 11.8 Å². The smallest absolute Gasteiger partial charge is 0.138 e. The molecule has 0 saturated heterocycles. The van der Waals surface area contributed by atoms with E-state index in [2.05, 4.69) is 71.3 Å². The predicted molar refractivity (Wildman–Crippen MR) is 94.2 cm³/mol. The Morgan fingerprint density at radius 2 is 1.52 bits per heavy atom. The first kappa shape index (κ1) is 13.7. The third-order valence-corrected chi connectivity index (χ3v) is 4.28. The molecule has 0 aliphatic heterocycles. The molecule has 0 bridgehead atoms. The maximum absolute atomic E-state index is 4.62. The molecule has 0 fully saturated rings. The number of fused-ring (bicyclic) bond motifs is 1. The van der Waals surface area contributed by atoms with Gasteiger partial charge in [0.1, 0.15) is 5.82 Å². The topological polar surface area (TPSA) is 41.6 Å². The summed E-state index contributed by atoms with van der Waals surface area (Å²) in [6.07, 6.45) is 3.56. The third kappa shape index (κ3) is 2.50. The summed E-state index contributed by atoms with van der Waals surface area (Å²) < 4.78 is 0. The molecule has 4 rings (SSSR count). The summed E-state index contributed by atoms with van der Waals surface area (Å²) >= 11 is 0. The molecule has 3 nitrogen and oxygen atoms in total. The monoisotopic (exact) mass is 299 g/mol. The number of aromatic amines is 1. The molecule has 3 heteroatoms. The molecular formula is C20H17N3. The van der Waals surface area contributed by atoms with Crippen molar-refractivity contribution in [3.63, 3.8) is 0 Å². The number of hydrogen-bond acceptors (Lipinski definition) is 2. The average molecular weight is 299 g/mol. The molecule has 23 heavy (non-hydrogen) atoms. The zero-order chi connectivity index (χ0) is 15.8. The van der Waals surface area contributed by atoms with E-state index in [1.807, 2.05) is 6.07 Å². The molecule has 2 aromatic heterocycles. The molecule has 0 atom stereocenters. The number of aryl methyl sites for hydroxylation is 2. The van der Waals surface area contributed by atoms with E-state index in [0.29, 0.717) is 0 Å². The molecule has 2 aromatic carbocycles. The van der Waals surface area contributed by atoms with Crippen LogP contribution in [0.1, 0.15) is 11.1 Å². The van der Waals surface area contributed by atoms with Crippen LogP contribution in [0.2, 0.25) is 0 Å². The maximum Gasteiger partial charge on any atom is 0.138 e. The van der Waals surface area contributed by atoms with Crippen molar-refractivity contribution in [2.75, 3.05) is 0 Å². The molecule has 112 valence electrons. The van der Waals surface area contributed by atoms with Crippen molar-refractivity contribution in [1.82, 2.24) is 15.0 Å². The summed E-state index contributed by atoms with van der Waals surface area (Å²) in [6.45, 7) is 4.29. The van der Waals surface area contributed by atoms with Gasteiger partial charge in [0.05, 0.1) is 17.2 Å². The van der Waals surface area contributed by atoms with E-state index in [9.17, 15) is 0 Å². The quantitative estimate of drug-likeness (QED) is 0.571. The number of hydrogen-bond donors (Lipinski definition) is 1. The molecule has 0 aliphatic carbocycles. The highest BCUT2D eigenvalue weighted by Gasteiger charge is 2.06. The number of nitrogens with one attached hydrogen (secondary N) is 1. The normalized spacial score (nSPS) is 11.0. The van der Waals surface area contributed by atoms with Gasteiger partial charge in [-0.3, -0.25) is 4.98 Å². The van der Waals surface area contributed by atoms with Crippen LogP contribution in [0.3, 0.4) is 0 Å². The number of pyridine rings is 1. The highest BCUT2D eigenvalue weighted by molar-refractivity contribution is 5.79. The van der Waals surface area contributed by atoms with E-state index in [1.165, 1.54) is 22.3 Å².